The molecule has 0 spiro atoms. The van der Waals surface area contributed by atoms with Crippen LogP contribution >= 0.6 is 12.4 Å². The summed E-state index contributed by atoms with van der Waals surface area (Å²) in [5, 5.41) is 3.38. The maximum Gasteiger partial charge on any atom is 0.165 e. The van der Waals surface area contributed by atoms with E-state index in [9.17, 15) is 4.39 Å². The molecule has 1 saturated heterocycles. The van der Waals surface area contributed by atoms with Crippen molar-refractivity contribution in [1.82, 2.24) is 10.2 Å². The molecule has 1 aliphatic rings. The Balaban J connectivity index is 0.00000264. The summed E-state index contributed by atoms with van der Waals surface area (Å²) in [4.78, 5) is 2.46. The third kappa shape index (κ3) is 5.79. The third-order valence-corrected chi connectivity index (χ3v) is 4.29. The van der Waals surface area contributed by atoms with E-state index in [-0.39, 0.29) is 24.3 Å². The minimum Gasteiger partial charge on any atom is -0.494 e. The summed E-state index contributed by atoms with van der Waals surface area (Å²) in [5.41, 5.74) is 1.05. The standard InChI is InChI=1S/C18H27FN2O.ClH/c1-3-4-5-6-7-17(21-12-10-20-11-13-21)15-8-9-18(22-2)16(19)14-15;/h3,8-9,14,17,20H,1,4-7,10-13H2,2H3;1H/t17-;/m0./s1. The lowest BCUT2D eigenvalue weighted by Crippen LogP contribution is -2.45. The summed E-state index contributed by atoms with van der Waals surface area (Å²) in [6, 6.07) is 5.66. The summed E-state index contributed by atoms with van der Waals surface area (Å²) < 4.78 is 19.1. The Bertz CT molecular complexity index is 478. The second-order valence-electron chi connectivity index (χ2n) is 5.77. The molecule has 1 heterocycles. The Morgan fingerprint density at radius 2 is 2.09 bits per heavy atom. The highest BCUT2D eigenvalue weighted by Crippen LogP contribution is 2.30. The summed E-state index contributed by atoms with van der Waals surface area (Å²) in [5.74, 6) is 0.0423. The zero-order valence-corrected chi connectivity index (χ0v) is 14.7. The quantitative estimate of drug-likeness (QED) is 0.572. The topological polar surface area (TPSA) is 24.5 Å². The van der Waals surface area contributed by atoms with E-state index in [0.717, 1.165) is 57.4 Å². The number of unbranched alkanes of at least 4 members (excludes halogenated alkanes) is 2. The minimum absolute atomic E-state index is 0. The van der Waals surface area contributed by atoms with Crippen molar-refractivity contribution in [3.8, 4) is 5.75 Å². The lowest BCUT2D eigenvalue weighted by atomic mass is 9.97. The minimum atomic E-state index is -0.272. The molecule has 1 atom stereocenters. The monoisotopic (exact) mass is 342 g/mol. The van der Waals surface area contributed by atoms with Crippen LogP contribution in [0.5, 0.6) is 5.75 Å². The van der Waals surface area contributed by atoms with E-state index in [1.165, 1.54) is 7.11 Å². The molecule has 0 aromatic heterocycles. The highest BCUT2D eigenvalue weighted by atomic mass is 35.5. The second-order valence-corrected chi connectivity index (χ2v) is 5.77. The summed E-state index contributed by atoms with van der Waals surface area (Å²) in [6.07, 6.45) is 6.34. The highest BCUT2D eigenvalue weighted by molar-refractivity contribution is 5.85. The van der Waals surface area contributed by atoms with E-state index >= 15 is 0 Å². The SMILES string of the molecule is C=CCCCC[C@@H](c1ccc(OC)c(F)c1)N1CCNCC1.Cl. The van der Waals surface area contributed by atoms with Crippen LogP contribution in [-0.4, -0.2) is 38.2 Å². The fourth-order valence-corrected chi connectivity index (χ4v) is 3.07. The molecule has 0 amide bonds. The van der Waals surface area contributed by atoms with Gasteiger partial charge in [-0.05, 0) is 37.0 Å². The van der Waals surface area contributed by atoms with Gasteiger partial charge in [-0.15, -0.1) is 19.0 Å². The number of benzene rings is 1. The number of allylic oxidation sites excluding steroid dienone is 1. The molecule has 5 heteroatoms. The molecule has 2 rings (SSSR count). The van der Waals surface area contributed by atoms with Crippen molar-refractivity contribution in [2.75, 3.05) is 33.3 Å². The Labute approximate surface area is 145 Å². The highest BCUT2D eigenvalue weighted by Gasteiger charge is 2.22. The average Bonchev–Trinajstić information content (AvgIpc) is 2.56. The maximum absolute atomic E-state index is 14.1. The number of hydrogen-bond acceptors (Lipinski definition) is 3. The average molecular weight is 343 g/mol. The first-order chi connectivity index (χ1) is 10.8. The van der Waals surface area contributed by atoms with Crippen LogP contribution in [0.25, 0.3) is 0 Å². The van der Waals surface area contributed by atoms with E-state index in [1.54, 1.807) is 12.1 Å². The summed E-state index contributed by atoms with van der Waals surface area (Å²) in [7, 11) is 1.50. The van der Waals surface area contributed by atoms with Crippen LogP contribution in [0.15, 0.2) is 30.9 Å². The van der Waals surface area contributed by atoms with Gasteiger partial charge in [0.15, 0.2) is 11.6 Å². The predicted octanol–water partition coefficient (Wildman–Crippen LogP) is 3.95. The molecule has 0 saturated carbocycles. The maximum atomic E-state index is 14.1. The molecule has 130 valence electrons. The Hall–Kier alpha value is -1.10. The molecule has 3 nitrogen and oxygen atoms in total. The van der Waals surface area contributed by atoms with Gasteiger partial charge in [0.2, 0.25) is 0 Å². The molecule has 0 bridgehead atoms. The smallest absolute Gasteiger partial charge is 0.165 e. The molecular formula is C18H28ClFN2O. The van der Waals surface area contributed by atoms with Crippen molar-refractivity contribution in [2.24, 2.45) is 0 Å². The van der Waals surface area contributed by atoms with Gasteiger partial charge in [0.1, 0.15) is 0 Å². The Kier molecular flexibility index (Phi) is 9.22. The first kappa shape index (κ1) is 19.9. The van der Waals surface area contributed by atoms with Crippen molar-refractivity contribution in [3.05, 3.63) is 42.2 Å². The lowest BCUT2D eigenvalue weighted by Gasteiger charge is -2.35. The fourth-order valence-electron chi connectivity index (χ4n) is 3.07. The van der Waals surface area contributed by atoms with Crippen LogP contribution in [0.2, 0.25) is 0 Å². The summed E-state index contributed by atoms with van der Waals surface area (Å²) in [6.45, 7) is 7.80. The molecular weight excluding hydrogens is 315 g/mol. The number of hydrogen-bond donors (Lipinski definition) is 1. The van der Waals surface area contributed by atoms with E-state index in [4.69, 9.17) is 4.74 Å². The second kappa shape index (κ2) is 10.6. The van der Waals surface area contributed by atoms with Crippen LogP contribution in [0, 0.1) is 5.82 Å². The van der Waals surface area contributed by atoms with Gasteiger partial charge >= 0.3 is 0 Å². The number of halogens is 2. The van der Waals surface area contributed by atoms with Gasteiger partial charge in [-0.2, -0.15) is 0 Å². The van der Waals surface area contributed by atoms with Crippen LogP contribution in [-0.2, 0) is 0 Å². The van der Waals surface area contributed by atoms with Crippen molar-refractivity contribution in [2.45, 2.75) is 31.7 Å². The van der Waals surface area contributed by atoms with E-state index in [2.05, 4.69) is 16.8 Å². The molecule has 1 aromatic rings. The molecule has 1 N–H and O–H groups in total. The van der Waals surface area contributed by atoms with Crippen molar-refractivity contribution in [3.63, 3.8) is 0 Å². The molecule has 1 fully saturated rings. The number of methoxy groups -OCH3 is 1. The number of nitrogens with zero attached hydrogens (tertiary/aromatic N) is 1. The number of piperazine rings is 1. The van der Waals surface area contributed by atoms with Gasteiger partial charge in [-0.3, -0.25) is 4.90 Å². The molecule has 1 aliphatic heterocycles. The van der Waals surface area contributed by atoms with E-state index < -0.39 is 0 Å². The van der Waals surface area contributed by atoms with Gasteiger partial charge in [0.25, 0.3) is 0 Å². The van der Waals surface area contributed by atoms with E-state index in [1.807, 2.05) is 12.1 Å². The van der Waals surface area contributed by atoms with Crippen LogP contribution < -0.4 is 10.1 Å². The summed E-state index contributed by atoms with van der Waals surface area (Å²) >= 11 is 0. The molecule has 0 radical (unpaired) electrons. The van der Waals surface area contributed by atoms with Crippen LogP contribution in [0.3, 0.4) is 0 Å². The predicted molar refractivity (Wildman–Crippen MR) is 96.0 cm³/mol. The van der Waals surface area contributed by atoms with Crippen LogP contribution in [0.1, 0.15) is 37.3 Å². The zero-order valence-electron chi connectivity index (χ0n) is 13.9. The molecule has 0 aliphatic carbocycles. The Morgan fingerprint density at radius 1 is 1.35 bits per heavy atom. The normalized spacial score (nSPS) is 16.4. The molecule has 0 unspecified atom stereocenters. The van der Waals surface area contributed by atoms with Crippen molar-refractivity contribution >= 4 is 12.4 Å². The van der Waals surface area contributed by atoms with Gasteiger partial charge in [-0.25, -0.2) is 4.39 Å². The first-order valence-corrected chi connectivity index (χ1v) is 8.15. The van der Waals surface area contributed by atoms with Crippen LogP contribution in [0.4, 0.5) is 4.39 Å². The molecule has 1 aromatic carbocycles. The number of rotatable bonds is 8. The first-order valence-electron chi connectivity index (χ1n) is 8.15. The third-order valence-electron chi connectivity index (χ3n) is 4.29. The van der Waals surface area contributed by atoms with Gasteiger partial charge < -0.3 is 10.1 Å². The largest absolute Gasteiger partial charge is 0.494 e. The van der Waals surface area contributed by atoms with Gasteiger partial charge in [-0.1, -0.05) is 18.6 Å². The number of ether oxygens (including phenoxy) is 1. The van der Waals surface area contributed by atoms with Gasteiger partial charge in [0.05, 0.1) is 7.11 Å². The zero-order chi connectivity index (χ0) is 15.8. The van der Waals surface area contributed by atoms with Gasteiger partial charge in [0, 0.05) is 32.2 Å². The van der Waals surface area contributed by atoms with Crippen molar-refractivity contribution < 1.29 is 9.13 Å². The molecule has 23 heavy (non-hydrogen) atoms. The Morgan fingerprint density at radius 3 is 2.70 bits per heavy atom. The van der Waals surface area contributed by atoms with E-state index in [0.29, 0.717) is 5.75 Å². The van der Waals surface area contributed by atoms with Crippen molar-refractivity contribution in [1.29, 1.82) is 0 Å². The fraction of sp³-hybridized carbons (Fsp3) is 0.556. The lowest BCUT2D eigenvalue weighted by molar-refractivity contribution is 0.162. The number of nitrogens with one attached hydrogen (secondary N) is 1.